The molecular weight excluding hydrogens is 376 g/mol. The summed E-state index contributed by atoms with van der Waals surface area (Å²) in [5, 5.41) is 0. The number of carbonyl (C=O) groups excluding carboxylic acids is 1. The van der Waals surface area contributed by atoms with Crippen molar-refractivity contribution in [2.24, 2.45) is 11.8 Å². The van der Waals surface area contributed by atoms with E-state index in [1.54, 1.807) is 6.07 Å². The molecule has 1 aliphatic carbocycles. The van der Waals surface area contributed by atoms with E-state index in [9.17, 15) is 9.59 Å². The van der Waals surface area contributed by atoms with Gasteiger partial charge in [0, 0.05) is 44.6 Å². The summed E-state index contributed by atoms with van der Waals surface area (Å²) in [6, 6.07) is 1.76. The topological polar surface area (TPSA) is 58.4 Å². The SMILES string of the molecule is O=C(CN1CC[C@H](c2cc(=O)n3c(n2)CCCCC3)C1)N1CC[C@@H]2CCCC[C@H]2C1. The number of aromatic nitrogens is 2. The highest BCUT2D eigenvalue weighted by Crippen LogP contribution is 2.36. The van der Waals surface area contributed by atoms with Gasteiger partial charge in [0.25, 0.3) is 5.56 Å². The second-order valence-electron chi connectivity index (χ2n) is 10.1. The number of fused-ring (bicyclic) bond motifs is 2. The number of likely N-dealkylation sites (tertiary alicyclic amines) is 2. The van der Waals surface area contributed by atoms with Gasteiger partial charge in [-0.2, -0.15) is 0 Å². The molecule has 3 aliphatic heterocycles. The lowest BCUT2D eigenvalue weighted by atomic mass is 9.75. The zero-order valence-corrected chi connectivity index (χ0v) is 18.2. The fourth-order valence-corrected chi connectivity index (χ4v) is 6.28. The van der Waals surface area contributed by atoms with Gasteiger partial charge in [-0.1, -0.05) is 25.7 Å². The van der Waals surface area contributed by atoms with Gasteiger partial charge in [-0.3, -0.25) is 19.1 Å². The molecule has 6 nitrogen and oxygen atoms in total. The first-order chi connectivity index (χ1) is 14.7. The lowest BCUT2D eigenvalue weighted by Gasteiger charge is -2.41. The molecule has 1 amide bonds. The summed E-state index contributed by atoms with van der Waals surface area (Å²) in [5.74, 6) is 3.15. The van der Waals surface area contributed by atoms with Crippen LogP contribution in [0, 0.1) is 11.8 Å². The Hall–Kier alpha value is -1.69. The van der Waals surface area contributed by atoms with Crippen LogP contribution in [-0.4, -0.2) is 58.0 Å². The number of aryl methyl sites for hydroxylation is 1. The van der Waals surface area contributed by atoms with Gasteiger partial charge in [-0.05, 0) is 50.5 Å². The fraction of sp³-hybridized carbons (Fsp3) is 0.792. The molecule has 3 atom stereocenters. The van der Waals surface area contributed by atoms with Crippen LogP contribution in [0.15, 0.2) is 10.9 Å². The molecule has 6 heteroatoms. The summed E-state index contributed by atoms with van der Waals surface area (Å²) in [7, 11) is 0. The fourth-order valence-electron chi connectivity index (χ4n) is 6.28. The molecule has 2 saturated heterocycles. The molecule has 0 bridgehead atoms. The first-order valence-electron chi connectivity index (χ1n) is 12.3. The molecule has 1 saturated carbocycles. The molecule has 4 heterocycles. The van der Waals surface area contributed by atoms with Gasteiger partial charge in [0.05, 0.1) is 12.2 Å². The van der Waals surface area contributed by atoms with Gasteiger partial charge in [0.2, 0.25) is 5.91 Å². The smallest absolute Gasteiger partial charge is 0.253 e. The lowest BCUT2D eigenvalue weighted by molar-refractivity contribution is -0.135. The summed E-state index contributed by atoms with van der Waals surface area (Å²) in [6.45, 7) is 5.03. The summed E-state index contributed by atoms with van der Waals surface area (Å²) in [5.41, 5.74) is 1.06. The summed E-state index contributed by atoms with van der Waals surface area (Å²) >= 11 is 0. The summed E-state index contributed by atoms with van der Waals surface area (Å²) in [4.78, 5) is 34.9. The van der Waals surface area contributed by atoms with E-state index in [0.29, 0.717) is 12.5 Å². The molecule has 0 radical (unpaired) electrons. The van der Waals surface area contributed by atoms with Crippen molar-refractivity contribution in [3.05, 3.63) is 27.9 Å². The second kappa shape index (κ2) is 8.81. The highest BCUT2D eigenvalue weighted by Gasteiger charge is 2.34. The average molecular weight is 413 g/mol. The minimum Gasteiger partial charge on any atom is -0.341 e. The van der Waals surface area contributed by atoms with Gasteiger partial charge >= 0.3 is 0 Å². The predicted molar refractivity (Wildman–Crippen MR) is 116 cm³/mol. The van der Waals surface area contributed by atoms with Crippen molar-refractivity contribution < 1.29 is 4.79 Å². The Morgan fingerprint density at radius 3 is 2.70 bits per heavy atom. The molecule has 3 fully saturated rings. The van der Waals surface area contributed by atoms with Crippen LogP contribution in [0.25, 0.3) is 0 Å². The zero-order valence-electron chi connectivity index (χ0n) is 18.2. The van der Waals surface area contributed by atoms with E-state index in [4.69, 9.17) is 4.98 Å². The number of hydrogen-bond acceptors (Lipinski definition) is 4. The summed E-state index contributed by atoms with van der Waals surface area (Å²) in [6.07, 6.45) is 11.9. The molecule has 5 rings (SSSR count). The lowest BCUT2D eigenvalue weighted by Crippen LogP contribution is -2.48. The Bertz CT molecular complexity index is 835. The third kappa shape index (κ3) is 4.20. The first-order valence-corrected chi connectivity index (χ1v) is 12.3. The second-order valence-corrected chi connectivity index (χ2v) is 10.1. The van der Waals surface area contributed by atoms with Crippen LogP contribution in [0.3, 0.4) is 0 Å². The maximum absolute atomic E-state index is 13.0. The van der Waals surface area contributed by atoms with Crippen LogP contribution < -0.4 is 5.56 Å². The van der Waals surface area contributed by atoms with Gasteiger partial charge in [0.1, 0.15) is 5.82 Å². The molecule has 0 aromatic carbocycles. The van der Waals surface area contributed by atoms with Crippen molar-refractivity contribution in [1.82, 2.24) is 19.4 Å². The van der Waals surface area contributed by atoms with Crippen molar-refractivity contribution in [2.75, 3.05) is 32.7 Å². The average Bonchev–Trinajstić information content (AvgIpc) is 3.09. The zero-order chi connectivity index (χ0) is 20.5. The maximum Gasteiger partial charge on any atom is 0.253 e. The number of piperidine rings is 1. The van der Waals surface area contributed by atoms with Gasteiger partial charge in [-0.15, -0.1) is 0 Å². The third-order valence-electron chi connectivity index (χ3n) is 8.08. The van der Waals surface area contributed by atoms with Crippen LogP contribution in [0.2, 0.25) is 0 Å². The van der Waals surface area contributed by atoms with Crippen molar-refractivity contribution in [2.45, 2.75) is 76.7 Å². The van der Waals surface area contributed by atoms with Crippen LogP contribution in [0.5, 0.6) is 0 Å². The van der Waals surface area contributed by atoms with Crippen LogP contribution in [-0.2, 0) is 17.8 Å². The minimum absolute atomic E-state index is 0.113. The van der Waals surface area contributed by atoms with Crippen molar-refractivity contribution in [3.63, 3.8) is 0 Å². The monoisotopic (exact) mass is 412 g/mol. The van der Waals surface area contributed by atoms with Crippen molar-refractivity contribution >= 4 is 5.91 Å². The maximum atomic E-state index is 13.0. The highest BCUT2D eigenvalue weighted by molar-refractivity contribution is 5.78. The Morgan fingerprint density at radius 2 is 1.80 bits per heavy atom. The van der Waals surface area contributed by atoms with Gasteiger partial charge in [-0.25, -0.2) is 4.98 Å². The van der Waals surface area contributed by atoms with Gasteiger partial charge < -0.3 is 4.90 Å². The van der Waals surface area contributed by atoms with Crippen LogP contribution >= 0.6 is 0 Å². The van der Waals surface area contributed by atoms with E-state index in [0.717, 1.165) is 81.8 Å². The van der Waals surface area contributed by atoms with E-state index in [2.05, 4.69) is 9.80 Å². The molecule has 1 aromatic rings. The normalized spacial score (nSPS) is 29.9. The standard InChI is InChI=1S/C24H36N4O2/c29-23-14-21(25-22-8-2-1-5-11-28(22)23)20-9-12-26(15-20)17-24(30)27-13-10-18-6-3-4-7-19(18)16-27/h14,18-20H,1-13,15-17H2/t18-,19-,20-/m0/s1. The van der Waals surface area contributed by atoms with E-state index in [1.165, 1.54) is 38.5 Å². The molecule has 0 unspecified atom stereocenters. The van der Waals surface area contributed by atoms with E-state index >= 15 is 0 Å². The molecule has 0 N–H and O–H groups in total. The first kappa shape index (κ1) is 20.2. The molecule has 0 spiro atoms. The number of rotatable bonds is 3. The number of amides is 1. The number of hydrogen-bond donors (Lipinski definition) is 0. The number of nitrogens with zero attached hydrogens (tertiary/aromatic N) is 4. The van der Waals surface area contributed by atoms with Crippen molar-refractivity contribution in [3.8, 4) is 0 Å². The Labute approximate surface area is 179 Å². The predicted octanol–water partition coefficient (Wildman–Crippen LogP) is 2.80. The van der Waals surface area contributed by atoms with E-state index in [-0.39, 0.29) is 11.5 Å². The highest BCUT2D eigenvalue weighted by atomic mass is 16.2. The number of carbonyl (C=O) groups is 1. The quantitative estimate of drug-likeness (QED) is 0.766. The van der Waals surface area contributed by atoms with Crippen molar-refractivity contribution in [1.29, 1.82) is 0 Å². The largest absolute Gasteiger partial charge is 0.341 e. The van der Waals surface area contributed by atoms with Gasteiger partial charge in [0.15, 0.2) is 0 Å². The Morgan fingerprint density at radius 1 is 0.933 bits per heavy atom. The summed E-state index contributed by atoms with van der Waals surface area (Å²) < 4.78 is 1.88. The molecule has 4 aliphatic rings. The minimum atomic E-state index is 0.113. The Kier molecular flexibility index (Phi) is 5.94. The molecule has 1 aromatic heterocycles. The third-order valence-corrected chi connectivity index (χ3v) is 8.08. The molecular formula is C24H36N4O2. The molecule has 30 heavy (non-hydrogen) atoms. The van der Waals surface area contributed by atoms with Crippen LogP contribution in [0.4, 0.5) is 0 Å². The Balaban J connectivity index is 1.19. The van der Waals surface area contributed by atoms with E-state index < -0.39 is 0 Å². The van der Waals surface area contributed by atoms with Crippen LogP contribution in [0.1, 0.15) is 75.2 Å². The molecule has 164 valence electrons. The van der Waals surface area contributed by atoms with E-state index in [1.807, 2.05) is 4.57 Å².